The van der Waals surface area contributed by atoms with E-state index in [-0.39, 0.29) is 5.78 Å². The van der Waals surface area contributed by atoms with Crippen molar-refractivity contribution in [3.8, 4) is 5.75 Å². The Morgan fingerprint density at radius 2 is 1.82 bits per heavy atom. The van der Waals surface area contributed by atoms with E-state index in [4.69, 9.17) is 16.3 Å². The number of ether oxygens (including phenoxy) is 1. The molecule has 0 spiro atoms. The number of hydrogen-bond acceptors (Lipinski definition) is 2. The first-order chi connectivity index (χ1) is 10.5. The zero-order chi connectivity index (χ0) is 17.0. The molecule has 0 radical (unpaired) electrons. The molecule has 0 aromatic heterocycles. The molecule has 3 heteroatoms. The van der Waals surface area contributed by atoms with Gasteiger partial charge in [-0.3, -0.25) is 0 Å². The fraction of sp³-hybridized carbons (Fsp3) is 0.632. The number of benzene rings is 1. The molecule has 0 saturated heterocycles. The molecule has 1 aromatic rings. The first-order valence-electron chi connectivity index (χ1n) is 8.39. The Balaban J connectivity index is 0.00000211. The summed E-state index contributed by atoms with van der Waals surface area (Å²) >= 11 is 6.12. The number of Topliss-reactive ketones (excluding diaryl/α,β-unsaturated/α-hetero) is 1. The van der Waals surface area contributed by atoms with Gasteiger partial charge in [0.25, 0.3) is 0 Å². The molecular formula is C19H31ClO2. The zero-order valence-electron chi connectivity index (χ0n) is 14.7. The quantitative estimate of drug-likeness (QED) is 0.513. The van der Waals surface area contributed by atoms with Gasteiger partial charge in [0, 0.05) is 11.4 Å². The third-order valence-electron chi connectivity index (χ3n) is 3.01. The van der Waals surface area contributed by atoms with E-state index in [1.807, 2.05) is 26.0 Å². The molecule has 0 aliphatic rings. The summed E-state index contributed by atoms with van der Waals surface area (Å²) in [6.45, 7) is 10.6. The molecule has 0 saturated carbocycles. The lowest BCUT2D eigenvalue weighted by atomic mass is 10.1. The van der Waals surface area contributed by atoms with Gasteiger partial charge < -0.3 is 9.53 Å². The number of rotatable bonds is 9. The Hall–Kier alpha value is -1.02. The van der Waals surface area contributed by atoms with Gasteiger partial charge in [-0.2, -0.15) is 0 Å². The van der Waals surface area contributed by atoms with Crippen LogP contribution in [0.5, 0.6) is 5.75 Å². The van der Waals surface area contributed by atoms with Gasteiger partial charge in [0.15, 0.2) is 0 Å². The van der Waals surface area contributed by atoms with Gasteiger partial charge in [-0.1, -0.05) is 45.7 Å². The van der Waals surface area contributed by atoms with E-state index < -0.39 is 0 Å². The van der Waals surface area contributed by atoms with E-state index >= 15 is 0 Å². The normalized spacial score (nSPS) is 10.1. The van der Waals surface area contributed by atoms with Gasteiger partial charge in [0.05, 0.1) is 6.61 Å². The number of hydrogen-bond donors (Lipinski definition) is 0. The van der Waals surface area contributed by atoms with Gasteiger partial charge in [-0.05, 0) is 55.9 Å². The van der Waals surface area contributed by atoms with Crippen LogP contribution in [0.15, 0.2) is 18.2 Å². The van der Waals surface area contributed by atoms with Crippen LogP contribution in [0.2, 0.25) is 5.02 Å². The third kappa shape index (κ3) is 10.7. The Labute approximate surface area is 141 Å². The van der Waals surface area contributed by atoms with Crippen LogP contribution in [0.3, 0.4) is 0 Å². The van der Waals surface area contributed by atoms with Gasteiger partial charge in [0.2, 0.25) is 0 Å². The highest BCUT2D eigenvalue weighted by molar-refractivity contribution is 6.30. The van der Waals surface area contributed by atoms with E-state index in [0.717, 1.165) is 36.5 Å². The largest absolute Gasteiger partial charge is 0.493 e. The van der Waals surface area contributed by atoms with Crippen molar-refractivity contribution in [1.29, 1.82) is 0 Å². The molecule has 0 unspecified atom stereocenters. The zero-order valence-corrected chi connectivity index (χ0v) is 15.5. The highest BCUT2D eigenvalue weighted by atomic mass is 35.5. The van der Waals surface area contributed by atoms with E-state index in [9.17, 15) is 4.79 Å². The summed E-state index contributed by atoms with van der Waals surface area (Å²) in [5.74, 6) is 1.63. The van der Waals surface area contributed by atoms with Crippen LogP contribution in [-0.2, 0) is 11.2 Å². The minimum absolute atomic E-state index is 0.275. The summed E-state index contributed by atoms with van der Waals surface area (Å²) in [6.07, 6.45) is 4.81. The van der Waals surface area contributed by atoms with Crippen molar-refractivity contribution < 1.29 is 9.53 Å². The molecule has 0 fully saturated rings. The van der Waals surface area contributed by atoms with Crippen LogP contribution >= 0.6 is 11.6 Å². The van der Waals surface area contributed by atoms with Crippen molar-refractivity contribution in [1.82, 2.24) is 0 Å². The van der Waals surface area contributed by atoms with E-state index in [1.54, 1.807) is 6.92 Å². The molecule has 126 valence electrons. The van der Waals surface area contributed by atoms with Crippen molar-refractivity contribution >= 4 is 17.4 Å². The predicted molar refractivity (Wildman–Crippen MR) is 96.0 cm³/mol. The summed E-state index contributed by atoms with van der Waals surface area (Å²) in [5, 5.41) is 0.727. The van der Waals surface area contributed by atoms with Crippen molar-refractivity contribution in [3.05, 3.63) is 28.8 Å². The van der Waals surface area contributed by atoms with Gasteiger partial charge in [-0.15, -0.1) is 0 Å². The van der Waals surface area contributed by atoms with Crippen molar-refractivity contribution in [3.63, 3.8) is 0 Å². The van der Waals surface area contributed by atoms with Crippen molar-refractivity contribution in [2.24, 2.45) is 5.92 Å². The Morgan fingerprint density at radius 3 is 2.41 bits per heavy atom. The second-order valence-electron chi connectivity index (χ2n) is 5.76. The standard InChI is InChI=1S/C17H25ClO2.C2H6/c1-13(2)12-20-17-10-15(9-16(18)11-17)8-6-4-5-7-14(3)19;1-2/h9-11,13H,4-8,12H2,1-3H3;1-2H3. The van der Waals surface area contributed by atoms with Crippen LogP contribution in [-0.4, -0.2) is 12.4 Å². The smallest absolute Gasteiger partial charge is 0.129 e. The van der Waals surface area contributed by atoms with Crippen LogP contribution in [0.1, 0.15) is 65.9 Å². The first-order valence-corrected chi connectivity index (χ1v) is 8.77. The monoisotopic (exact) mass is 326 g/mol. The Bertz CT molecular complexity index is 427. The molecule has 0 bridgehead atoms. The summed E-state index contributed by atoms with van der Waals surface area (Å²) in [6, 6.07) is 5.93. The van der Waals surface area contributed by atoms with E-state index in [2.05, 4.69) is 19.9 Å². The molecule has 2 nitrogen and oxygen atoms in total. The number of carbonyl (C=O) groups is 1. The minimum atomic E-state index is 0.275. The Morgan fingerprint density at radius 1 is 1.14 bits per heavy atom. The number of carbonyl (C=O) groups excluding carboxylic acids is 1. The van der Waals surface area contributed by atoms with Crippen LogP contribution in [0.4, 0.5) is 0 Å². The molecule has 0 heterocycles. The van der Waals surface area contributed by atoms with Crippen LogP contribution in [0.25, 0.3) is 0 Å². The molecule has 0 atom stereocenters. The molecular weight excluding hydrogens is 296 g/mol. The fourth-order valence-corrected chi connectivity index (χ4v) is 2.24. The van der Waals surface area contributed by atoms with Gasteiger partial charge in [0.1, 0.15) is 11.5 Å². The number of ketones is 1. The van der Waals surface area contributed by atoms with Crippen LogP contribution in [0, 0.1) is 5.92 Å². The van der Waals surface area contributed by atoms with Gasteiger partial charge >= 0.3 is 0 Å². The number of halogens is 1. The first kappa shape index (κ1) is 21.0. The summed E-state index contributed by atoms with van der Waals surface area (Å²) < 4.78 is 5.72. The summed E-state index contributed by atoms with van der Waals surface area (Å²) in [4.78, 5) is 10.9. The van der Waals surface area contributed by atoms with E-state index in [0.29, 0.717) is 18.9 Å². The summed E-state index contributed by atoms with van der Waals surface area (Å²) in [5.41, 5.74) is 1.21. The number of unbranched alkanes of at least 4 members (excludes halogenated alkanes) is 2. The molecule has 22 heavy (non-hydrogen) atoms. The van der Waals surface area contributed by atoms with Crippen molar-refractivity contribution in [2.45, 2.75) is 66.7 Å². The maximum absolute atomic E-state index is 10.9. The molecule has 1 rings (SSSR count). The molecule has 1 aromatic carbocycles. The Kier molecular flexibility index (Phi) is 11.9. The van der Waals surface area contributed by atoms with Crippen molar-refractivity contribution in [2.75, 3.05) is 6.61 Å². The average Bonchev–Trinajstić information content (AvgIpc) is 2.46. The highest BCUT2D eigenvalue weighted by Gasteiger charge is 2.03. The molecule has 0 amide bonds. The summed E-state index contributed by atoms with van der Waals surface area (Å²) in [7, 11) is 0. The fourth-order valence-electron chi connectivity index (χ4n) is 1.99. The third-order valence-corrected chi connectivity index (χ3v) is 3.23. The minimum Gasteiger partial charge on any atom is -0.493 e. The maximum Gasteiger partial charge on any atom is 0.129 e. The van der Waals surface area contributed by atoms with Crippen LogP contribution < -0.4 is 4.74 Å². The molecule has 0 aliphatic carbocycles. The maximum atomic E-state index is 10.9. The average molecular weight is 327 g/mol. The van der Waals surface area contributed by atoms with Gasteiger partial charge in [-0.25, -0.2) is 0 Å². The predicted octanol–water partition coefficient (Wildman–Crippen LogP) is 6.09. The highest BCUT2D eigenvalue weighted by Crippen LogP contribution is 2.23. The second kappa shape index (κ2) is 12.5. The SMILES string of the molecule is CC.CC(=O)CCCCCc1cc(Cl)cc(OCC(C)C)c1. The molecule has 0 aliphatic heterocycles. The molecule has 0 N–H and O–H groups in total. The lowest BCUT2D eigenvalue weighted by molar-refractivity contribution is -0.117. The van der Waals surface area contributed by atoms with E-state index in [1.165, 1.54) is 5.56 Å². The second-order valence-corrected chi connectivity index (χ2v) is 6.20. The lowest BCUT2D eigenvalue weighted by Gasteiger charge is -2.11. The lowest BCUT2D eigenvalue weighted by Crippen LogP contribution is -2.04. The number of aryl methyl sites for hydroxylation is 1. The topological polar surface area (TPSA) is 26.3 Å².